The van der Waals surface area contributed by atoms with Crippen molar-refractivity contribution in [1.82, 2.24) is 10.2 Å². The van der Waals surface area contributed by atoms with E-state index in [-0.39, 0.29) is 5.75 Å². The third kappa shape index (κ3) is 7.03. The number of hydrogen-bond donors (Lipinski definition) is 1. The number of rotatable bonds is 7. The van der Waals surface area contributed by atoms with E-state index in [0.717, 1.165) is 25.1 Å². The Kier molecular flexibility index (Phi) is 6.11. The van der Waals surface area contributed by atoms with E-state index in [9.17, 15) is 13.2 Å². The zero-order chi connectivity index (χ0) is 14.3. The van der Waals surface area contributed by atoms with Crippen LogP contribution in [0.2, 0.25) is 0 Å². The fourth-order valence-corrected chi connectivity index (χ4v) is 1.76. The molecule has 0 atom stereocenters. The molecule has 6 heteroatoms. The maximum atomic E-state index is 12.1. The van der Waals surface area contributed by atoms with E-state index in [0.29, 0.717) is 6.54 Å². The molecule has 0 saturated carbocycles. The number of hydrogen-bond acceptors (Lipinski definition) is 3. The van der Waals surface area contributed by atoms with Gasteiger partial charge in [0, 0.05) is 6.54 Å². The highest BCUT2D eigenvalue weighted by atomic mass is 19.4. The molecule has 0 fully saturated rings. The van der Waals surface area contributed by atoms with Gasteiger partial charge in [0.15, 0.2) is 0 Å². The molecule has 1 aromatic carbocycles. The zero-order valence-corrected chi connectivity index (χ0v) is 11.1. The highest BCUT2D eigenvalue weighted by Gasteiger charge is 2.31. The summed E-state index contributed by atoms with van der Waals surface area (Å²) in [7, 11) is 3.82. The summed E-state index contributed by atoms with van der Waals surface area (Å²) in [6.45, 7) is 2.39. The van der Waals surface area contributed by atoms with Gasteiger partial charge >= 0.3 is 6.36 Å². The molecule has 0 unspecified atom stereocenters. The summed E-state index contributed by atoms with van der Waals surface area (Å²) >= 11 is 0. The van der Waals surface area contributed by atoms with Crippen LogP contribution in [0.1, 0.15) is 12.0 Å². The van der Waals surface area contributed by atoms with Gasteiger partial charge < -0.3 is 15.0 Å². The Balaban J connectivity index is 2.52. The molecule has 108 valence electrons. The van der Waals surface area contributed by atoms with Crippen molar-refractivity contribution >= 4 is 0 Å². The first-order valence-corrected chi connectivity index (χ1v) is 6.08. The van der Waals surface area contributed by atoms with E-state index in [2.05, 4.69) is 15.0 Å². The molecule has 1 rings (SSSR count). The number of ether oxygens (including phenoxy) is 1. The van der Waals surface area contributed by atoms with Crippen LogP contribution in [-0.2, 0) is 6.54 Å². The number of nitrogens with zero attached hydrogens (tertiary/aromatic N) is 1. The van der Waals surface area contributed by atoms with Crippen molar-refractivity contribution in [2.24, 2.45) is 0 Å². The molecule has 3 nitrogen and oxygen atoms in total. The second-order valence-electron chi connectivity index (χ2n) is 4.39. The number of halogens is 3. The lowest BCUT2D eigenvalue weighted by Gasteiger charge is -2.17. The molecule has 0 aliphatic carbocycles. The Bertz CT molecular complexity index is 382. The van der Waals surface area contributed by atoms with Gasteiger partial charge in [-0.15, -0.1) is 13.2 Å². The minimum Gasteiger partial charge on any atom is -0.406 e. The molecule has 0 radical (unpaired) electrons. The number of nitrogens with one attached hydrogen (secondary N) is 1. The van der Waals surface area contributed by atoms with E-state index in [1.54, 1.807) is 12.1 Å². The normalized spacial score (nSPS) is 11.9. The van der Waals surface area contributed by atoms with Crippen LogP contribution in [0.3, 0.4) is 0 Å². The Morgan fingerprint density at radius 2 is 2.05 bits per heavy atom. The van der Waals surface area contributed by atoms with Gasteiger partial charge in [-0.05, 0) is 51.3 Å². The van der Waals surface area contributed by atoms with Crippen LogP contribution in [-0.4, -0.2) is 38.4 Å². The SMILES string of the molecule is CNCCCN(C)Cc1cccc(OC(F)(F)F)c1. The predicted octanol–water partition coefficient (Wildman–Crippen LogP) is 2.63. The van der Waals surface area contributed by atoms with E-state index < -0.39 is 6.36 Å². The van der Waals surface area contributed by atoms with Crippen LogP contribution in [0.4, 0.5) is 13.2 Å². The maximum Gasteiger partial charge on any atom is 0.573 e. The molecule has 0 amide bonds. The maximum absolute atomic E-state index is 12.1. The summed E-state index contributed by atoms with van der Waals surface area (Å²) in [4.78, 5) is 2.06. The number of benzene rings is 1. The van der Waals surface area contributed by atoms with Gasteiger partial charge in [0.25, 0.3) is 0 Å². The lowest BCUT2D eigenvalue weighted by Crippen LogP contribution is -2.22. The fourth-order valence-electron chi connectivity index (χ4n) is 1.76. The van der Waals surface area contributed by atoms with Crippen molar-refractivity contribution in [3.8, 4) is 5.75 Å². The van der Waals surface area contributed by atoms with Crippen molar-refractivity contribution in [3.63, 3.8) is 0 Å². The summed E-state index contributed by atoms with van der Waals surface area (Å²) in [6.07, 6.45) is -3.65. The monoisotopic (exact) mass is 276 g/mol. The van der Waals surface area contributed by atoms with Crippen LogP contribution < -0.4 is 10.1 Å². The van der Waals surface area contributed by atoms with Crippen LogP contribution >= 0.6 is 0 Å². The largest absolute Gasteiger partial charge is 0.573 e. The lowest BCUT2D eigenvalue weighted by atomic mass is 10.2. The number of alkyl halides is 3. The molecule has 1 N–H and O–H groups in total. The smallest absolute Gasteiger partial charge is 0.406 e. The third-order valence-corrected chi connectivity index (χ3v) is 2.55. The third-order valence-electron chi connectivity index (χ3n) is 2.55. The van der Waals surface area contributed by atoms with Crippen molar-refractivity contribution in [2.45, 2.75) is 19.3 Å². The minimum atomic E-state index is -4.64. The molecule has 1 aromatic rings. The summed E-state index contributed by atoms with van der Waals surface area (Å²) in [5.74, 6) is -0.173. The zero-order valence-electron chi connectivity index (χ0n) is 11.1. The topological polar surface area (TPSA) is 24.5 Å². The molecule has 0 aliphatic rings. The van der Waals surface area contributed by atoms with E-state index >= 15 is 0 Å². The first-order valence-electron chi connectivity index (χ1n) is 6.08. The molecule has 0 aromatic heterocycles. The standard InChI is InChI=1S/C13H19F3N2O/c1-17-7-4-8-18(2)10-11-5-3-6-12(9-11)19-13(14,15)16/h3,5-6,9,17H,4,7-8,10H2,1-2H3. The lowest BCUT2D eigenvalue weighted by molar-refractivity contribution is -0.274. The summed E-state index contributed by atoms with van der Waals surface area (Å²) < 4.78 is 40.2. The van der Waals surface area contributed by atoms with Crippen LogP contribution in [0.5, 0.6) is 5.75 Å². The van der Waals surface area contributed by atoms with Gasteiger partial charge in [0.1, 0.15) is 5.75 Å². The van der Waals surface area contributed by atoms with Crippen molar-refractivity contribution in [2.75, 3.05) is 27.2 Å². The molecule has 0 bridgehead atoms. The molecule has 0 aliphatic heterocycles. The van der Waals surface area contributed by atoms with E-state index in [4.69, 9.17) is 0 Å². The first-order chi connectivity index (χ1) is 8.90. The summed E-state index contributed by atoms with van der Waals surface area (Å²) in [6, 6.07) is 6.08. The van der Waals surface area contributed by atoms with Crippen LogP contribution in [0, 0.1) is 0 Å². The van der Waals surface area contributed by atoms with Crippen molar-refractivity contribution in [1.29, 1.82) is 0 Å². The fraction of sp³-hybridized carbons (Fsp3) is 0.538. The molecule has 0 heterocycles. The Labute approximate surface area is 111 Å². The van der Waals surface area contributed by atoms with Gasteiger partial charge in [0.05, 0.1) is 0 Å². The second kappa shape index (κ2) is 7.35. The van der Waals surface area contributed by atoms with Gasteiger partial charge in [-0.2, -0.15) is 0 Å². The second-order valence-corrected chi connectivity index (χ2v) is 4.39. The van der Waals surface area contributed by atoms with Crippen molar-refractivity contribution in [3.05, 3.63) is 29.8 Å². The van der Waals surface area contributed by atoms with Gasteiger partial charge in [0.2, 0.25) is 0 Å². The Morgan fingerprint density at radius 1 is 1.32 bits per heavy atom. The predicted molar refractivity (Wildman–Crippen MR) is 68.0 cm³/mol. The molecule has 0 spiro atoms. The average molecular weight is 276 g/mol. The van der Waals surface area contributed by atoms with Gasteiger partial charge in [-0.1, -0.05) is 12.1 Å². The summed E-state index contributed by atoms with van der Waals surface area (Å²) in [5.41, 5.74) is 0.800. The van der Waals surface area contributed by atoms with Gasteiger partial charge in [-0.25, -0.2) is 0 Å². The summed E-state index contributed by atoms with van der Waals surface area (Å²) in [5, 5.41) is 3.05. The molecular formula is C13H19F3N2O. The average Bonchev–Trinajstić information content (AvgIpc) is 2.27. The minimum absolute atomic E-state index is 0.173. The Morgan fingerprint density at radius 3 is 2.68 bits per heavy atom. The van der Waals surface area contributed by atoms with E-state index in [1.165, 1.54) is 12.1 Å². The highest BCUT2D eigenvalue weighted by Crippen LogP contribution is 2.23. The first kappa shape index (κ1) is 15.8. The molecule has 19 heavy (non-hydrogen) atoms. The van der Waals surface area contributed by atoms with Crippen LogP contribution in [0.15, 0.2) is 24.3 Å². The highest BCUT2D eigenvalue weighted by molar-refractivity contribution is 5.28. The van der Waals surface area contributed by atoms with Gasteiger partial charge in [-0.3, -0.25) is 0 Å². The van der Waals surface area contributed by atoms with Crippen LogP contribution in [0.25, 0.3) is 0 Å². The van der Waals surface area contributed by atoms with Crippen molar-refractivity contribution < 1.29 is 17.9 Å². The molecule has 0 saturated heterocycles. The molecular weight excluding hydrogens is 257 g/mol. The Hall–Kier alpha value is -1.27. The van der Waals surface area contributed by atoms with E-state index in [1.807, 2.05) is 14.1 Å². The quantitative estimate of drug-likeness (QED) is 0.775.